The molecular weight excluding hydrogens is 374 g/mol. The van der Waals surface area contributed by atoms with Crippen molar-refractivity contribution < 1.29 is 9.59 Å². The molecule has 1 saturated heterocycles. The van der Waals surface area contributed by atoms with Crippen LogP contribution in [-0.4, -0.2) is 38.6 Å². The highest BCUT2D eigenvalue weighted by molar-refractivity contribution is 7.99. The zero-order chi connectivity index (χ0) is 19.7. The molecule has 1 fully saturated rings. The summed E-state index contributed by atoms with van der Waals surface area (Å²) in [7, 11) is 0. The van der Waals surface area contributed by atoms with Crippen LogP contribution in [0.3, 0.4) is 0 Å². The van der Waals surface area contributed by atoms with Gasteiger partial charge in [-0.25, -0.2) is 4.98 Å². The van der Waals surface area contributed by atoms with E-state index >= 15 is 0 Å². The van der Waals surface area contributed by atoms with E-state index in [1.54, 1.807) is 10.6 Å². The molecule has 6 nitrogen and oxygen atoms in total. The number of fused-ring (bicyclic) bond motifs is 1. The molecular formula is C21H19N3O3S. The van der Waals surface area contributed by atoms with Crippen molar-refractivity contribution in [1.82, 2.24) is 14.5 Å². The zero-order valence-electron chi connectivity index (χ0n) is 15.4. The quantitative estimate of drug-likeness (QED) is 0.379. The fourth-order valence-corrected chi connectivity index (χ4v) is 4.17. The first-order valence-electron chi connectivity index (χ1n) is 9.09. The highest BCUT2D eigenvalue weighted by Gasteiger charge is 2.28. The largest absolute Gasteiger partial charge is 0.282 e. The maximum Gasteiger partial charge on any atom is 0.266 e. The summed E-state index contributed by atoms with van der Waals surface area (Å²) in [5.74, 6) is 0.217. The van der Waals surface area contributed by atoms with Crippen LogP contribution in [-0.2, 0) is 9.59 Å². The van der Waals surface area contributed by atoms with Crippen molar-refractivity contribution in [2.45, 2.75) is 24.9 Å². The number of nitrogens with zero attached hydrogens (tertiary/aromatic N) is 3. The van der Waals surface area contributed by atoms with E-state index < -0.39 is 0 Å². The third-order valence-corrected chi connectivity index (χ3v) is 5.66. The van der Waals surface area contributed by atoms with Gasteiger partial charge in [0.1, 0.15) is 0 Å². The van der Waals surface area contributed by atoms with Crippen LogP contribution in [0.2, 0.25) is 0 Å². The van der Waals surface area contributed by atoms with E-state index in [1.807, 2.05) is 49.4 Å². The summed E-state index contributed by atoms with van der Waals surface area (Å²) in [4.78, 5) is 42.7. The molecule has 1 aliphatic heterocycles. The molecule has 0 unspecified atom stereocenters. The van der Waals surface area contributed by atoms with Crippen molar-refractivity contribution in [2.75, 3.05) is 12.3 Å². The number of carbonyl (C=O) groups excluding carboxylic acids is 2. The summed E-state index contributed by atoms with van der Waals surface area (Å²) in [6, 6.07) is 14.9. The summed E-state index contributed by atoms with van der Waals surface area (Å²) < 4.78 is 1.60. The van der Waals surface area contributed by atoms with E-state index in [0.29, 0.717) is 28.4 Å². The second-order valence-electron chi connectivity index (χ2n) is 6.68. The molecule has 28 heavy (non-hydrogen) atoms. The molecule has 0 aliphatic carbocycles. The van der Waals surface area contributed by atoms with Crippen molar-refractivity contribution in [3.8, 4) is 5.69 Å². The topological polar surface area (TPSA) is 72.3 Å². The SMILES string of the molecule is Cc1ccc(-n2c(SCCN3C(=O)CCC3=O)nc3ccccc3c2=O)cc1. The van der Waals surface area contributed by atoms with Gasteiger partial charge >= 0.3 is 0 Å². The minimum atomic E-state index is -0.134. The highest BCUT2D eigenvalue weighted by atomic mass is 32.2. The van der Waals surface area contributed by atoms with Gasteiger partial charge in [-0.2, -0.15) is 0 Å². The molecule has 1 aliphatic rings. The van der Waals surface area contributed by atoms with E-state index in [2.05, 4.69) is 4.98 Å². The Hall–Kier alpha value is -2.93. The number of rotatable bonds is 5. The molecule has 7 heteroatoms. The number of likely N-dealkylation sites (tertiary alicyclic amines) is 1. The van der Waals surface area contributed by atoms with Gasteiger partial charge in [0.05, 0.1) is 16.6 Å². The summed E-state index contributed by atoms with van der Waals surface area (Å²) in [6.07, 6.45) is 0.567. The average Bonchev–Trinajstić information content (AvgIpc) is 3.01. The number of aryl methyl sites for hydroxylation is 1. The van der Waals surface area contributed by atoms with Crippen LogP contribution < -0.4 is 5.56 Å². The standard InChI is InChI=1S/C21H19N3O3S/c1-14-6-8-15(9-7-14)24-20(27)16-4-2-3-5-17(16)22-21(24)28-13-12-23-18(25)10-11-19(23)26/h2-9H,10-13H2,1H3. The summed E-state index contributed by atoms with van der Waals surface area (Å²) in [5, 5.41) is 1.10. The Morgan fingerprint density at radius 3 is 2.36 bits per heavy atom. The molecule has 0 atom stereocenters. The third-order valence-electron chi connectivity index (χ3n) is 4.74. The summed E-state index contributed by atoms with van der Waals surface area (Å²) in [6.45, 7) is 2.31. The summed E-state index contributed by atoms with van der Waals surface area (Å²) >= 11 is 1.37. The van der Waals surface area contributed by atoms with Crippen molar-refractivity contribution in [3.05, 3.63) is 64.4 Å². The third kappa shape index (κ3) is 3.45. The van der Waals surface area contributed by atoms with Gasteiger partial charge in [0.25, 0.3) is 5.56 Å². The fourth-order valence-electron chi connectivity index (χ4n) is 3.23. The van der Waals surface area contributed by atoms with Gasteiger partial charge in [-0.1, -0.05) is 41.6 Å². The Balaban J connectivity index is 1.70. The van der Waals surface area contributed by atoms with Gasteiger partial charge in [-0.3, -0.25) is 23.9 Å². The molecule has 2 amide bonds. The van der Waals surface area contributed by atoms with Gasteiger partial charge in [-0.05, 0) is 31.2 Å². The van der Waals surface area contributed by atoms with E-state index in [1.165, 1.54) is 16.7 Å². The molecule has 3 aromatic rings. The van der Waals surface area contributed by atoms with Crippen LogP contribution in [0.1, 0.15) is 18.4 Å². The van der Waals surface area contributed by atoms with Gasteiger partial charge in [-0.15, -0.1) is 0 Å². The van der Waals surface area contributed by atoms with Crippen molar-refractivity contribution >= 4 is 34.5 Å². The molecule has 0 radical (unpaired) electrons. The van der Waals surface area contributed by atoms with E-state index in [-0.39, 0.29) is 30.2 Å². The van der Waals surface area contributed by atoms with Crippen molar-refractivity contribution in [3.63, 3.8) is 0 Å². The molecule has 0 bridgehead atoms. The number of amides is 2. The van der Waals surface area contributed by atoms with Crippen molar-refractivity contribution in [2.24, 2.45) is 0 Å². The van der Waals surface area contributed by atoms with Gasteiger partial charge in [0.15, 0.2) is 5.16 Å². The molecule has 142 valence electrons. The lowest BCUT2D eigenvalue weighted by Gasteiger charge is -2.16. The van der Waals surface area contributed by atoms with E-state index in [0.717, 1.165) is 11.3 Å². The minimum absolute atomic E-state index is 0.131. The van der Waals surface area contributed by atoms with Gasteiger partial charge in [0.2, 0.25) is 11.8 Å². The molecule has 2 heterocycles. The van der Waals surface area contributed by atoms with E-state index in [4.69, 9.17) is 0 Å². The Morgan fingerprint density at radius 1 is 0.964 bits per heavy atom. The Labute approximate surface area is 166 Å². The number of hydrogen-bond donors (Lipinski definition) is 0. The molecule has 4 rings (SSSR count). The number of thioether (sulfide) groups is 1. The predicted molar refractivity (Wildman–Crippen MR) is 109 cm³/mol. The van der Waals surface area contributed by atoms with Crippen LogP contribution in [0, 0.1) is 6.92 Å². The number of carbonyl (C=O) groups is 2. The number of imide groups is 1. The maximum absolute atomic E-state index is 13.1. The first-order chi connectivity index (χ1) is 13.5. The maximum atomic E-state index is 13.1. The first kappa shape index (κ1) is 18.4. The number of aromatic nitrogens is 2. The normalized spacial score (nSPS) is 14.2. The molecule has 0 saturated carbocycles. The second kappa shape index (κ2) is 7.59. The average molecular weight is 393 g/mol. The Bertz CT molecular complexity index is 1110. The lowest BCUT2D eigenvalue weighted by molar-refractivity contribution is -0.137. The first-order valence-corrected chi connectivity index (χ1v) is 10.1. The van der Waals surface area contributed by atoms with Crippen LogP contribution >= 0.6 is 11.8 Å². The van der Waals surface area contributed by atoms with Crippen LogP contribution in [0.15, 0.2) is 58.5 Å². The predicted octanol–water partition coefficient (Wildman–Crippen LogP) is 2.94. The van der Waals surface area contributed by atoms with Gasteiger partial charge in [0, 0.05) is 25.1 Å². The molecule has 1 aromatic heterocycles. The van der Waals surface area contributed by atoms with Crippen molar-refractivity contribution in [1.29, 1.82) is 0 Å². The smallest absolute Gasteiger partial charge is 0.266 e. The minimum Gasteiger partial charge on any atom is -0.282 e. The lowest BCUT2D eigenvalue weighted by Crippen LogP contribution is -2.31. The van der Waals surface area contributed by atoms with Crippen LogP contribution in [0.4, 0.5) is 0 Å². The molecule has 0 N–H and O–H groups in total. The Morgan fingerprint density at radius 2 is 1.64 bits per heavy atom. The number of benzene rings is 2. The van der Waals surface area contributed by atoms with Crippen LogP contribution in [0.25, 0.3) is 16.6 Å². The monoisotopic (exact) mass is 393 g/mol. The van der Waals surface area contributed by atoms with Gasteiger partial charge < -0.3 is 0 Å². The number of hydrogen-bond acceptors (Lipinski definition) is 5. The second-order valence-corrected chi connectivity index (χ2v) is 7.74. The Kier molecular flexibility index (Phi) is 5.00. The highest BCUT2D eigenvalue weighted by Crippen LogP contribution is 2.22. The van der Waals surface area contributed by atoms with Crippen LogP contribution in [0.5, 0.6) is 0 Å². The van der Waals surface area contributed by atoms with E-state index in [9.17, 15) is 14.4 Å². The molecule has 0 spiro atoms. The fraction of sp³-hybridized carbons (Fsp3) is 0.238. The summed E-state index contributed by atoms with van der Waals surface area (Å²) in [5.41, 5.74) is 2.34. The zero-order valence-corrected chi connectivity index (χ0v) is 16.2. The lowest BCUT2D eigenvalue weighted by atomic mass is 10.2. The number of para-hydroxylation sites is 1. The molecule has 2 aromatic carbocycles.